The van der Waals surface area contributed by atoms with Crippen LogP contribution in [0.5, 0.6) is 5.75 Å². The number of anilines is 1. The molecule has 0 unspecified atom stereocenters. The van der Waals surface area contributed by atoms with Crippen molar-refractivity contribution in [2.45, 2.75) is 0 Å². The molecule has 1 amide bonds. The van der Waals surface area contributed by atoms with Crippen molar-refractivity contribution in [1.29, 1.82) is 0 Å². The van der Waals surface area contributed by atoms with E-state index >= 15 is 0 Å². The molecule has 1 N–H and O–H groups in total. The second-order valence-corrected chi connectivity index (χ2v) is 6.16. The maximum absolute atomic E-state index is 12.2. The molecule has 5 nitrogen and oxygen atoms in total. The summed E-state index contributed by atoms with van der Waals surface area (Å²) in [5, 5.41) is 3.30. The number of nitrogens with zero attached hydrogens (tertiary/aromatic N) is 2. The highest BCUT2D eigenvalue weighted by Gasteiger charge is 2.22. The number of rotatable bonds is 3. The zero-order valence-corrected chi connectivity index (χ0v) is 15.0. The number of benzene rings is 2. The van der Waals surface area contributed by atoms with Gasteiger partial charge in [0.2, 0.25) is 0 Å². The normalized spacial score (nSPS) is 14.1. The third-order valence-corrected chi connectivity index (χ3v) is 4.61. The molecule has 0 spiro atoms. The van der Waals surface area contributed by atoms with Gasteiger partial charge in [-0.1, -0.05) is 30.3 Å². The summed E-state index contributed by atoms with van der Waals surface area (Å²) in [4.78, 5) is 16.5. The number of hydrogen-bond acceptors (Lipinski definition) is 4. The predicted octanol–water partition coefficient (Wildman–Crippen LogP) is 2.53. The predicted molar refractivity (Wildman–Crippen MR) is 103 cm³/mol. The van der Waals surface area contributed by atoms with Crippen molar-refractivity contribution in [2.24, 2.45) is 0 Å². The van der Waals surface area contributed by atoms with Crippen LogP contribution in [0.15, 0.2) is 54.6 Å². The minimum atomic E-state index is -0.169. The molecule has 6 heteroatoms. The summed E-state index contributed by atoms with van der Waals surface area (Å²) in [5.74, 6) is 0.702. The van der Waals surface area contributed by atoms with Crippen molar-refractivity contribution in [3.8, 4) is 5.75 Å². The fourth-order valence-electron chi connectivity index (χ4n) is 2.88. The number of amides is 1. The zero-order valence-electron chi connectivity index (χ0n) is 14.1. The van der Waals surface area contributed by atoms with Crippen molar-refractivity contribution in [2.75, 3.05) is 38.2 Å². The van der Waals surface area contributed by atoms with E-state index in [1.807, 2.05) is 41.3 Å². The molecule has 2 aromatic rings. The highest BCUT2D eigenvalue weighted by atomic mass is 32.1. The molecule has 0 aromatic heterocycles. The Labute approximate surface area is 153 Å². The molecule has 0 aliphatic carbocycles. The van der Waals surface area contributed by atoms with Crippen molar-refractivity contribution >= 4 is 28.9 Å². The summed E-state index contributed by atoms with van der Waals surface area (Å²) in [6.45, 7) is 3.15. The van der Waals surface area contributed by atoms with E-state index in [1.165, 1.54) is 0 Å². The van der Waals surface area contributed by atoms with Crippen molar-refractivity contribution < 1.29 is 9.53 Å². The second kappa shape index (κ2) is 7.98. The van der Waals surface area contributed by atoms with Gasteiger partial charge in [0.25, 0.3) is 5.91 Å². The van der Waals surface area contributed by atoms with E-state index in [-0.39, 0.29) is 5.91 Å². The molecule has 1 heterocycles. The Morgan fingerprint density at radius 2 is 1.64 bits per heavy atom. The molecule has 0 atom stereocenters. The number of nitrogens with one attached hydrogen (secondary N) is 1. The summed E-state index contributed by atoms with van der Waals surface area (Å²) in [5.41, 5.74) is 1.70. The van der Waals surface area contributed by atoms with Crippen LogP contribution < -0.4 is 15.0 Å². The largest absolute Gasteiger partial charge is 0.495 e. The second-order valence-electron chi connectivity index (χ2n) is 5.77. The van der Waals surface area contributed by atoms with Crippen LogP contribution in [0.1, 0.15) is 10.4 Å². The van der Waals surface area contributed by atoms with Crippen LogP contribution in [0, 0.1) is 0 Å². The summed E-state index contributed by atoms with van der Waals surface area (Å²) in [7, 11) is 1.68. The maximum Gasteiger partial charge on any atom is 0.257 e. The number of methoxy groups -OCH3 is 1. The van der Waals surface area contributed by atoms with Crippen LogP contribution in [0.4, 0.5) is 5.69 Å². The fourth-order valence-corrected chi connectivity index (χ4v) is 3.15. The Balaban J connectivity index is 1.57. The monoisotopic (exact) mass is 355 g/mol. The molecule has 0 bridgehead atoms. The van der Waals surface area contributed by atoms with Gasteiger partial charge in [0.05, 0.1) is 12.8 Å². The first-order chi connectivity index (χ1) is 12.2. The number of thiocarbonyl (C=S) groups is 1. The van der Waals surface area contributed by atoms with Gasteiger partial charge in [0.15, 0.2) is 5.11 Å². The first-order valence-electron chi connectivity index (χ1n) is 8.22. The standard InChI is InChI=1S/C19H21N3O2S/c1-24-17-10-6-5-9-16(17)21-11-13-22(14-12-21)19(25)20-18(23)15-7-3-2-4-8-15/h2-10H,11-14H2,1H3,(H,20,23,25). The van der Waals surface area contributed by atoms with Gasteiger partial charge in [-0.05, 0) is 36.5 Å². The summed E-state index contributed by atoms with van der Waals surface area (Å²) < 4.78 is 5.44. The van der Waals surface area contributed by atoms with E-state index in [2.05, 4.69) is 16.3 Å². The number of carbonyl (C=O) groups is 1. The molecule has 25 heavy (non-hydrogen) atoms. The van der Waals surface area contributed by atoms with Crippen molar-refractivity contribution in [1.82, 2.24) is 10.2 Å². The van der Waals surface area contributed by atoms with Gasteiger partial charge in [-0.15, -0.1) is 0 Å². The van der Waals surface area contributed by atoms with Crippen LogP contribution in [0.25, 0.3) is 0 Å². The van der Waals surface area contributed by atoms with Crippen LogP contribution >= 0.6 is 12.2 Å². The van der Waals surface area contributed by atoms with Crippen LogP contribution in [-0.2, 0) is 0 Å². The molecule has 0 saturated carbocycles. The molecule has 2 aromatic carbocycles. The third-order valence-electron chi connectivity index (χ3n) is 4.25. The summed E-state index contributed by atoms with van der Waals surface area (Å²) in [6.07, 6.45) is 0. The Morgan fingerprint density at radius 1 is 1.00 bits per heavy atom. The average Bonchev–Trinajstić information content (AvgIpc) is 2.68. The highest BCUT2D eigenvalue weighted by Crippen LogP contribution is 2.28. The van der Waals surface area contributed by atoms with E-state index in [4.69, 9.17) is 17.0 Å². The Kier molecular flexibility index (Phi) is 5.50. The third kappa shape index (κ3) is 4.09. The van der Waals surface area contributed by atoms with Crippen LogP contribution in [0.2, 0.25) is 0 Å². The van der Waals surface area contributed by atoms with E-state index in [0.29, 0.717) is 10.7 Å². The lowest BCUT2D eigenvalue weighted by Crippen LogP contribution is -2.52. The summed E-state index contributed by atoms with van der Waals surface area (Å²) >= 11 is 5.40. The first kappa shape index (κ1) is 17.2. The molecule has 1 fully saturated rings. The van der Waals surface area contributed by atoms with E-state index in [0.717, 1.165) is 37.6 Å². The topological polar surface area (TPSA) is 44.8 Å². The smallest absolute Gasteiger partial charge is 0.257 e. The lowest BCUT2D eigenvalue weighted by atomic mass is 10.2. The minimum absolute atomic E-state index is 0.169. The molecule has 1 saturated heterocycles. The quantitative estimate of drug-likeness (QED) is 0.858. The van der Waals surface area contributed by atoms with Gasteiger partial charge >= 0.3 is 0 Å². The molecular formula is C19H21N3O2S. The number of ether oxygens (including phenoxy) is 1. The lowest BCUT2D eigenvalue weighted by molar-refractivity contribution is 0.0973. The molecule has 1 aliphatic heterocycles. The van der Waals surface area contributed by atoms with Gasteiger partial charge < -0.3 is 14.5 Å². The van der Waals surface area contributed by atoms with Gasteiger partial charge in [0, 0.05) is 31.7 Å². The Morgan fingerprint density at radius 3 is 2.32 bits per heavy atom. The van der Waals surface area contributed by atoms with Gasteiger partial charge in [-0.2, -0.15) is 0 Å². The van der Waals surface area contributed by atoms with E-state index in [9.17, 15) is 4.79 Å². The molecular weight excluding hydrogens is 334 g/mol. The van der Waals surface area contributed by atoms with E-state index in [1.54, 1.807) is 19.2 Å². The zero-order chi connectivity index (χ0) is 17.6. The van der Waals surface area contributed by atoms with Gasteiger partial charge in [-0.3, -0.25) is 10.1 Å². The van der Waals surface area contributed by atoms with Gasteiger partial charge in [0.1, 0.15) is 5.75 Å². The average molecular weight is 355 g/mol. The fraction of sp³-hybridized carbons (Fsp3) is 0.263. The summed E-state index contributed by atoms with van der Waals surface area (Å²) in [6, 6.07) is 17.1. The van der Waals surface area contributed by atoms with E-state index < -0.39 is 0 Å². The molecule has 130 valence electrons. The number of hydrogen-bond donors (Lipinski definition) is 1. The lowest BCUT2D eigenvalue weighted by Gasteiger charge is -2.37. The molecule has 3 rings (SSSR count). The van der Waals surface area contributed by atoms with Crippen molar-refractivity contribution in [3.05, 3.63) is 60.2 Å². The number of piperazine rings is 1. The number of carbonyl (C=O) groups excluding carboxylic acids is 1. The maximum atomic E-state index is 12.2. The van der Waals surface area contributed by atoms with Crippen LogP contribution in [0.3, 0.4) is 0 Å². The Hall–Kier alpha value is -2.60. The van der Waals surface area contributed by atoms with Crippen LogP contribution in [-0.4, -0.2) is 49.2 Å². The SMILES string of the molecule is COc1ccccc1N1CCN(C(=S)NC(=O)c2ccccc2)CC1. The molecule has 1 aliphatic rings. The first-order valence-corrected chi connectivity index (χ1v) is 8.63. The Bertz CT molecular complexity index is 743. The minimum Gasteiger partial charge on any atom is -0.495 e. The van der Waals surface area contributed by atoms with Crippen molar-refractivity contribution in [3.63, 3.8) is 0 Å². The molecule has 0 radical (unpaired) electrons. The number of para-hydroxylation sites is 2. The van der Waals surface area contributed by atoms with Gasteiger partial charge in [-0.25, -0.2) is 0 Å². The highest BCUT2D eigenvalue weighted by molar-refractivity contribution is 7.80.